The molecule has 0 bridgehead atoms. The molecule has 3 rings (SSSR count). The van der Waals surface area contributed by atoms with Crippen molar-refractivity contribution in [2.45, 2.75) is 38.8 Å². The van der Waals surface area contributed by atoms with E-state index < -0.39 is 6.10 Å². The fourth-order valence-electron chi connectivity index (χ4n) is 3.27. The molecule has 0 aliphatic rings. The van der Waals surface area contributed by atoms with Gasteiger partial charge in [0.25, 0.3) is 0 Å². The standard InChI is InChI=1S/C25H29NOS/c1-18(2)20-9-11-21(12-10-20)24(23-14-16-28-17-23)13-15-26-19(3)25(27)22-7-5-4-6-8-22/h4-14,16-19,25-27H,15H2,1-3H3/b24-13+. The number of rotatable bonds is 8. The van der Waals surface area contributed by atoms with E-state index in [1.165, 1.54) is 22.3 Å². The van der Waals surface area contributed by atoms with Crippen molar-refractivity contribution in [1.29, 1.82) is 0 Å². The van der Waals surface area contributed by atoms with Crippen LogP contribution in [0.2, 0.25) is 0 Å². The van der Waals surface area contributed by atoms with Crippen molar-refractivity contribution in [2.75, 3.05) is 6.54 Å². The lowest BCUT2D eigenvalue weighted by atomic mass is 9.96. The van der Waals surface area contributed by atoms with E-state index in [1.54, 1.807) is 11.3 Å². The Labute approximate surface area is 172 Å². The molecular formula is C25H29NOS. The molecule has 2 aromatic carbocycles. The van der Waals surface area contributed by atoms with E-state index in [9.17, 15) is 5.11 Å². The van der Waals surface area contributed by atoms with E-state index in [-0.39, 0.29) is 6.04 Å². The zero-order chi connectivity index (χ0) is 19.9. The van der Waals surface area contributed by atoms with Gasteiger partial charge >= 0.3 is 0 Å². The molecule has 2 unspecified atom stereocenters. The summed E-state index contributed by atoms with van der Waals surface area (Å²) in [6.45, 7) is 7.15. The van der Waals surface area contributed by atoms with Crippen molar-refractivity contribution in [1.82, 2.24) is 5.32 Å². The van der Waals surface area contributed by atoms with Gasteiger partial charge in [-0.1, -0.05) is 74.5 Å². The van der Waals surface area contributed by atoms with Crippen LogP contribution in [0.3, 0.4) is 0 Å². The Morgan fingerprint density at radius 2 is 1.64 bits per heavy atom. The minimum Gasteiger partial charge on any atom is -0.387 e. The van der Waals surface area contributed by atoms with E-state index in [4.69, 9.17) is 0 Å². The summed E-state index contributed by atoms with van der Waals surface area (Å²) in [5.41, 5.74) is 5.98. The van der Waals surface area contributed by atoms with Gasteiger partial charge in [0, 0.05) is 12.6 Å². The maximum absolute atomic E-state index is 10.6. The normalized spacial score (nSPS) is 14.2. The van der Waals surface area contributed by atoms with Crippen molar-refractivity contribution in [3.05, 3.63) is 99.8 Å². The molecular weight excluding hydrogens is 362 g/mol. The minimum absolute atomic E-state index is 0.0364. The first-order valence-corrected chi connectivity index (χ1v) is 10.8. The van der Waals surface area contributed by atoms with Crippen LogP contribution >= 0.6 is 11.3 Å². The number of nitrogens with one attached hydrogen (secondary N) is 1. The minimum atomic E-state index is -0.524. The van der Waals surface area contributed by atoms with Gasteiger partial charge in [-0.05, 0) is 57.5 Å². The Morgan fingerprint density at radius 3 is 2.25 bits per heavy atom. The smallest absolute Gasteiger partial charge is 0.0940 e. The lowest BCUT2D eigenvalue weighted by molar-refractivity contribution is 0.138. The summed E-state index contributed by atoms with van der Waals surface area (Å²) in [5.74, 6) is 0.532. The van der Waals surface area contributed by atoms with E-state index in [0.717, 1.165) is 5.56 Å². The molecule has 0 saturated carbocycles. The lowest BCUT2D eigenvalue weighted by Gasteiger charge is -2.20. The number of aliphatic hydroxyl groups is 1. The Morgan fingerprint density at radius 1 is 0.929 bits per heavy atom. The summed E-state index contributed by atoms with van der Waals surface area (Å²) in [4.78, 5) is 0. The van der Waals surface area contributed by atoms with Crippen molar-refractivity contribution >= 4 is 16.9 Å². The van der Waals surface area contributed by atoms with Gasteiger partial charge in [0.1, 0.15) is 0 Å². The Bertz CT molecular complexity index is 867. The summed E-state index contributed by atoms with van der Waals surface area (Å²) in [5, 5.41) is 18.3. The Balaban J connectivity index is 1.73. The number of benzene rings is 2. The molecule has 28 heavy (non-hydrogen) atoms. The summed E-state index contributed by atoms with van der Waals surface area (Å²) >= 11 is 1.71. The average Bonchev–Trinajstić information content (AvgIpc) is 3.25. The molecule has 0 aliphatic heterocycles. The second-order valence-corrected chi connectivity index (χ2v) is 8.24. The second-order valence-electron chi connectivity index (χ2n) is 7.46. The summed E-state index contributed by atoms with van der Waals surface area (Å²) in [6, 6.07) is 20.8. The van der Waals surface area contributed by atoms with Crippen LogP contribution in [-0.4, -0.2) is 17.7 Å². The van der Waals surface area contributed by atoms with Gasteiger partial charge in [-0.25, -0.2) is 0 Å². The molecule has 0 spiro atoms. The van der Waals surface area contributed by atoms with Gasteiger partial charge in [0.05, 0.1) is 6.10 Å². The third-order valence-electron chi connectivity index (χ3n) is 5.08. The SMILES string of the molecule is CC(C)c1ccc(/C(=C\CNC(C)C(O)c2ccccc2)c2ccsc2)cc1. The lowest BCUT2D eigenvalue weighted by Crippen LogP contribution is -2.32. The van der Waals surface area contributed by atoms with Crippen LogP contribution < -0.4 is 5.32 Å². The van der Waals surface area contributed by atoms with Gasteiger partial charge in [-0.3, -0.25) is 0 Å². The van der Waals surface area contributed by atoms with Gasteiger partial charge in [-0.15, -0.1) is 0 Å². The quantitative estimate of drug-likeness (QED) is 0.492. The van der Waals surface area contributed by atoms with Crippen LogP contribution in [0.4, 0.5) is 0 Å². The zero-order valence-corrected chi connectivity index (χ0v) is 17.6. The van der Waals surface area contributed by atoms with Crippen LogP contribution in [0.1, 0.15) is 55.0 Å². The molecule has 2 nitrogen and oxygen atoms in total. The molecule has 0 saturated heterocycles. The van der Waals surface area contributed by atoms with Gasteiger partial charge < -0.3 is 10.4 Å². The molecule has 2 atom stereocenters. The highest BCUT2D eigenvalue weighted by molar-refractivity contribution is 7.08. The van der Waals surface area contributed by atoms with Crippen molar-refractivity contribution in [2.24, 2.45) is 0 Å². The van der Waals surface area contributed by atoms with E-state index in [2.05, 4.69) is 66.3 Å². The van der Waals surface area contributed by atoms with Gasteiger partial charge in [0.2, 0.25) is 0 Å². The summed E-state index contributed by atoms with van der Waals surface area (Å²) in [6.07, 6.45) is 1.70. The summed E-state index contributed by atoms with van der Waals surface area (Å²) < 4.78 is 0. The first-order chi connectivity index (χ1) is 13.6. The first-order valence-electron chi connectivity index (χ1n) is 9.85. The first kappa shape index (κ1) is 20.5. The van der Waals surface area contributed by atoms with Crippen molar-refractivity contribution in [3.63, 3.8) is 0 Å². The van der Waals surface area contributed by atoms with Crippen molar-refractivity contribution < 1.29 is 5.11 Å². The molecule has 146 valence electrons. The Kier molecular flexibility index (Phi) is 7.21. The summed E-state index contributed by atoms with van der Waals surface area (Å²) in [7, 11) is 0. The van der Waals surface area contributed by atoms with Crippen LogP contribution in [0.5, 0.6) is 0 Å². The van der Waals surface area contributed by atoms with E-state index in [1.807, 2.05) is 37.3 Å². The third kappa shape index (κ3) is 5.20. The van der Waals surface area contributed by atoms with Crippen LogP contribution in [-0.2, 0) is 0 Å². The molecule has 0 amide bonds. The van der Waals surface area contributed by atoms with Crippen LogP contribution in [0, 0.1) is 0 Å². The number of hydrogen-bond donors (Lipinski definition) is 2. The monoisotopic (exact) mass is 391 g/mol. The average molecular weight is 392 g/mol. The predicted molar refractivity (Wildman–Crippen MR) is 121 cm³/mol. The maximum atomic E-state index is 10.6. The molecule has 0 fully saturated rings. The number of thiophene rings is 1. The van der Waals surface area contributed by atoms with Gasteiger partial charge in [-0.2, -0.15) is 11.3 Å². The fourth-order valence-corrected chi connectivity index (χ4v) is 3.92. The van der Waals surface area contributed by atoms with E-state index in [0.29, 0.717) is 12.5 Å². The number of aliphatic hydroxyl groups excluding tert-OH is 1. The zero-order valence-electron chi connectivity index (χ0n) is 16.8. The molecule has 1 heterocycles. The molecule has 0 aliphatic carbocycles. The van der Waals surface area contributed by atoms with Crippen molar-refractivity contribution in [3.8, 4) is 0 Å². The largest absolute Gasteiger partial charge is 0.387 e. The molecule has 3 heteroatoms. The highest BCUT2D eigenvalue weighted by Crippen LogP contribution is 2.27. The molecule has 2 N–H and O–H groups in total. The third-order valence-corrected chi connectivity index (χ3v) is 5.76. The highest BCUT2D eigenvalue weighted by atomic mass is 32.1. The molecule has 1 aromatic heterocycles. The van der Waals surface area contributed by atoms with E-state index >= 15 is 0 Å². The second kappa shape index (κ2) is 9.83. The van der Waals surface area contributed by atoms with Crippen LogP contribution in [0.15, 0.2) is 77.5 Å². The highest BCUT2D eigenvalue weighted by Gasteiger charge is 2.15. The topological polar surface area (TPSA) is 32.3 Å². The fraction of sp³-hybridized carbons (Fsp3) is 0.280. The van der Waals surface area contributed by atoms with Crippen LogP contribution in [0.25, 0.3) is 5.57 Å². The number of hydrogen-bond acceptors (Lipinski definition) is 3. The Hall–Kier alpha value is -2.20. The predicted octanol–water partition coefficient (Wildman–Crippen LogP) is 6.01. The maximum Gasteiger partial charge on any atom is 0.0940 e. The molecule has 3 aromatic rings. The van der Waals surface area contributed by atoms with Gasteiger partial charge in [0.15, 0.2) is 0 Å². The molecule has 0 radical (unpaired) electrons.